The number of benzene rings is 1. The molecule has 39 heteroatoms. The number of carbonyl (C=O) groups is 16. The van der Waals surface area contributed by atoms with Crippen LogP contribution in [0.25, 0.3) is 0 Å². The zero-order valence-electron chi connectivity index (χ0n) is 56.7. The molecular formula is C62H75NO36S2. The molecule has 5 aliphatic rings. The molecule has 0 unspecified atom stereocenters. The Balaban J connectivity index is 1.55. The maximum Gasteiger partial charge on any atom is 0.303 e. The number of hydrogen-bond donors (Lipinski definition) is 0. The van der Waals surface area contributed by atoms with Gasteiger partial charge in [-0.2, -0.15) is 0 Å². The van der Waals surface area contributed by atoms with Crippen molar-refractivity contribution in [3.8, 4) is 0 Å². The molecule has 0 N–H and O–H groups in total. The summed E-state index contributed by atoms with van der Waals surface area (Å²) in [6.45, 7) is 10.0. The van der Waals surface area contributed by atoms with E-state index in [1.54, 1.807) is 6.07 Å². The van der Waals surface area contributed by atoms with E-state index >= 15 is 9.59 Å². The summed E-state index contributed by atoms with van der Waals surface area (Å²) in [4.78, 5) is 211. The fourth-order valence-corrected chi connectivity index (χ4v) is 13.5. The Kier molecular flexibility index (Phi) is 29.4. The number of ether oxygens (including phenoxy) is 20. The van der Waals surface area contributed by atoms with Crippen LogP contribution in [-0.2, 0) is 171 Å². The third kappa shape index (κ3) is 22.6. The summed E-state index contributed by atoms with van der Waals surface area (Å²) in [5, 5.41) is 0. The lowest BCUT2D eigenvalue weighted by atomic mass is 9.96. The summed E-state index contributed by atoms with van der Waals surface area (Å²) < 4.78 is 117. The van der Waals surface area contributed by atoms with Crippen LogP contribution in [0.4, 0.5) is 5.69 Å². The van der Waals surface area contributed by atoms with Crippen molar-refractivity contribution in [1.29, 1.82) is 0 Å². The number of carbonyl (C=O) groups excluding carboxylic acids is 16. The summed E-state index contributed by atoms with van der Waals surface area (Å²) in [6, 6.07) is 7.17. The maximum atomic E-state index is 15.4. The van der Waals surface area contributed by atoms with Gasteiger partial charge in [0, 0.05) is 96.9 Å². The van der Waals surface area contributed by atoms with Gasteiger partial charge < -0.3 is 94.7 Å². The minimum Gasteiger partial charge on any atom is -0.463 e. The molecule has 6 rings (SSSR count). The smallest absolute Gasteiger partial charge is 0.303 e. The number of anilines is 1. The Labute approximate surface area is 583 Å². The highest BCUT2D eigenvalue weighted by Gasteiger charge is 2.61. The van der Waals surface area contributed by atoms with E-state index in [1.807, 2.05) is 0 Å². The number of thioether (sulfide) groups is 2. The number of hydrogen-bond acceptors (Lipinski definition) is 38. The van der Waals surface area contributed by atoms with Crippen LogP contribution in [0.2, 0.25) is 0 Å². The van der Waals surface area contributed by atoms with Gasteiger partial charge in [-0.25, -0.2) is 4.90 Å². The number of amides is 2. The van der Waals surface area contributed by atoms with Gasteiger partial charge in [-0.3, -0.25) is 76.7 Å². The van der Waals surface area contributed by atoms with Crippen molar-refractivity contribution in [3.63, 3.8) is 0 Å². The van der Waals surface area contributed by atoms with Crippen molar-refractivity contribution in [3.05, 3.63) is 40.1 Å². The highest BCUT2D eigenvalue weighted by molar-refractivity contribution is 8.08. The average molecular weight is 1470 g/mol. The van der Waals surface area contributed by atoms with Crippen LogP contribution in [0, 0.1) is 0 Å². The SMILES string of the molecule is CC(=O)OC[C@H]1O[C@@H](SC2=C(S[C@@H]3O[C@H](COC(C)=O)[C@@H](O[C@@H]4O[C@H](COC(C)=O)[C@@H](OC(C)=O)[C@H](OC(C)=O)[C@H]4OC(C)=O)[C@H](OC(C)=O)[C@H]3OC(C)=O)C(=O)N(c3ccccc3)C2=O)[C@H](OC(C)=O)[C@@H](OC(C)=O)[C@@H]1O[C@@H]1O[C@H](COC(C)=O)[C@@H](OC(C)=O)[C@H](OC(C)=O)[C@H]1OC(C)=O. The minimum atomic E-state index is -2.10. The van der Waals surface area contributed by atoms with Gasteiger partial charge in [-0.05, 0) is 12.1 Å². The first kappa shape index (κ1) is 81.1. The Morgan fingerprint density at radius 3 is 0.812 bits per heavy atom. The molecule has 20 atom stereocenters. The normalized spacial score (nSPS) is 30.0. The second kappa shape index (κ2) is 36.7. The summed E-state index contributed by atoms with van der Waals surface area (Å²) in [5.74, 6) is -16.8. The van der Waals surface area contributed by atoms with Crippen LogP contribution in [0.15, 0.2) is 40.1 Å². The lowest BCUT2D eigenvalue weighted by Gasteiger charge is -2.49. The van der Waals surface area contributed by atoms with Crippen molar-refractivity contribution < 1.29 is 171 Å². The second-order valence-electron chi connectivity index (χ2n) is 22.5. The Hall–Kier alpha value is -8.86. The van der Waals surface area contributed by atoms with Gasteiger partial charge in [0.15, 0.2) is 73.6 Å². The van der Waals surface area contributed by atoms with E-state index in [0.717, 1.165) is 96.9 Å². The molecule has 5 heterocycles. The fourth-order valence-electron chi connectivity index (χ4n) is 10.9. The molecule has 37 nitrogen and oxygen atoms in total. The molecule has 1 aromatic rings. The molecule has 556 valence electrons. The molecule has 1 aromatic carbocycles. The van der Waals surface area contributed by atoms with Crippen molar-refractivity contribution in [1.82, 2.24) is 0 Å². The minimum absolute atomic E-state index is 0.0778. The lowest BCUT2D eigenvalue weighted by molar-refractivity contribution is -0.341. The number of para-hydroxylation sites is 1. The first-order valence-electron chi connectivity index (χ1n) is 30.6. The molecule has 5 aliphatic heterocycles. The van der Waals surface area contributed by atoms with E-state index < -0.39 is 253 Å². The van der Waals surface area contributed by atoms with Gasteiger partial charge in [-0.15, -0.1) is 0 Å². The molecule has 0 spiro atoms. The van der Waals surface area contributed by atoms with E-state index in [9.17, 15) is 67.1 Å². The van der Waals surface area contributed by atoms with Gasteiger partial charge in [-0.1, -0.05) is 41.7 Å². The van der Waals surface area contributed by atoms with Crippen molar-refractivity contribution in [2.45, 2.75) is 218 Å². The quantitative estimate of drug-likeness (QED) is 0.0656. The first-order valence-corrected chi connectivity index (χ1v) is 32.4. The van der Waals surface area contributed by atoms with Crippen LogP contribution in [0.3, 0.4) is 0 Å². The third-order valence-corrected chi connectivity index (χ3v) is 16.8. The predicted octanol–water partition coefficient (Wildman–Crippen LogP) is 0.477. The van der Waals surface area contributed by atoms with Crippen LogP contribution >= 0.6 is 23.5 Å². The van der Waals surface area contributed by atoms with Crippen molar-refractivity contribution in [2.24, 2.45) is 0 Å². The Morgan fingerprint density at radius 1 is 0.307 bits per heavy atom. The standard InChI is InChI=1S/C62H75NO36S2/c1-24(64)80-20-39-43(84-28(5)68)47(86-30(7)70)51(90-34(11)74)59(94-39)98-45-41(22-82-26(3)66)96-61(53(92-36(13)76)49(45)88-32(9)72)100-55-56(58(79)63(57(55)78)38-18-16-15-17-19-38)101-62-54(93-37(14)77)50(89-33(10)73)46(42(97-62)23-83-27(4)67)99-60-52(91-35(12)75)48(87-31(8)71)44(85-29(6)69)40(95-60)21-81-25(2)65/h15-19,39-54,59-62H,20-23H2,1-14H3/t39-,40-,41-,42-,43-,44-,45-,46-,47+,48+,49+,50+,51-,52-,53-,54-,59+,60+,61+,62+/m1/s1. The Bertz CT molecular complexity index is 3150. The highest BCUT2D eigenvalue weighted by Crippen LogP contribution is 2.49. The lowest BCUT2D eigenvalue weighted by Crippen LogP contribution is -2.67. The molecule has 0 radical (unpaired) electrons. The zero-order chi connectivity index (χ0) is 75.0. The molecule has 0 aliphatic carbocycles. The molecule has 4 fully saturated rings. The maximum absolute atomic E-state index is 15.4. The van der Waals surface area contributed by atoms with E-state index in [-0.39, 0.29) is 5.69 Å². The number of rotatable bonds is 27. The zero-order valence-corrected chi connectivity index (χ0v) is 58.4. The summed E-state index contributed by atoms with van der Waals surface area (Å²) >= 11 is 0.648. The number of esters is 14. The van der Waals surface area contributed by atoms with Gasteiger partial charge in [0.05, 0.1) is 15.5 Å². The van der Waals surface area contributed by atoms with Gasteiger partial charge in [0.2, 0.25) is 0 Å². The summed E-state index contributed by atoms with van der Waals surface area (Å²) in [5.41, 5.74) is -3.94. The molecule has 101 heavy (non-hydrogen) atoms. The van der Waals surface area contributed by atoms with Crippen LogP contribution in [0.1, 0.15) is 96.9 Å². The number of nitrogens with zero attached hydrogens (tertiary/aromatic N) is 1. The van der Waals surface area contributed by atoms with Crippen molar-refractivity contribution in [2.75, 3.05) is 31.3 Å². The third-order valence-electron chi connectivity index (χ3n) is 14.3. The van der Waals surface area contributed by atoms with Crippen LogP contribution < -0.4 is 4.90 Å². The first-order chi connectivity index (χ1) is 47.4. The molecular weight excluding hydrogens is 1400 g/mol. The molecule has 0 bridgehead atoms. The van der Waals surface area contributed by atoms with Gasteiger partial charge in [0.1, 0.15) is 73.9 Å². The fraction of sp³-hybridized carbons (Fsp3) is 0.613. The van der Waals surface area contributed by atoms with Crippen LogP contribution in [0.5, 0.6) is 0 Å². The molecule has 0 aromatic heterocycles. The largest absolute Gasteiger partial charge is 0.463 e. The Morgan fingerprint density at radius 2 is 0.545 bits per heavy atom. The molecule has 4 saturated heterocycles. The highest BCUT2D eigenvalue weighted by atomic mass is 32.2. The van der Waals surface area contributed by atoms with E-state index in [2.05, 4.69) is 0 Å². The summed E-state index contributed by atoms with van der Waals surface area (Å²) in [7, 11) is 0. The topological polar surface area (TPSA) is 461 Å². The second-order valence-corrected chi connectivity index (χ2v) is 24.7. The number of imide groups is 1. The monoisotopic (exact) mass is 1470 g/mol. The molecule has 0 saturated carbocycles. The predicted molar refractivity (Wildman–Crippen MR) is 328 cm³/mol. The average Bonchev–Trinajstić information content (AvgIpc) is 1.75. The van der Waals surface area contributed by atoms with E-state index in [0.29, 0.717) is 28.4 Å². The molecule has 2 amide bonds. The summed E-state index contributed by atoms with van der Waals surface area (Å²) in [6.07, 6.45) is -34.3. The van der Waals surface area contributed by atoms with E-state index in [4.69, 9.17) is 94.7 Å². The van der Waals surface area contributed by atoms with E-state index in [1.165, 1.54) is 24.3 Å². The van der Waals surface area contributed by atoms with Gasteiger partial charge >= 0.3 is 83.6 Å². The van der Waals surface area contributed by atoms with Crippen molar-refractivity contribution >= 4 is 125 Å². The van der Waals surface area contributed by atoms with Crippen LogP contribution in [-0.4, -0.2) is 243 Å². The van der Waals surface area contributed by atoms with Gasteiger partial charge in [0.25, 0.3) is 11.8 Å².